The summed E-state index contributed by atoms with van der Waals surface area (Å²) in [6, 6.07) is 0.171. The Morgan fingerprint density at radius 3 is 2.93 bits per heavy atom. The van der Waals surface area contributed by atoms with Crippen molar-refractivity contribution in [2.24, 2.45) is 0 Å². The lowest BCUT2D eigenvalue weighted by atomic mass is 10.1. The lowest BCUT2D eigenvalue weighted by Crippen LogP contribution is -2.38. The minimum atomic E-state index is 0.171. The van der Waals surface area contributed by atoms with Gasteiger partial charge in [-0.15, -0.1) is 0 Å². The van der Waals surface area contributed by atoms with E-state index >= 15 is 0 Å². The Kier molecular flexibility index (Phi) is 5.88. The summed E-state index contributed by atoms with van der Waals surface area (Å²) in [5.41, 5.74) is 0. The van der Waals surface area contributed by atoms with Gasteiger partial charge in [0.1, 0.15) is 5.78 Å². The van der Waals surface area contributed by atoms with Crippen LogP contribution >= 0.6 is 0 Å². The number of carbonyl (C=O) groups excluding carboxylic acids is 1. The summed E-state index contributed by atoms with van der Waals surface area (Å²) < 4.78 is 5.02. The number of hydrogen-bond acceptors (Lipinski definition) is 3. The number of methoxy groups -OCH3 is 1. The molecule has 0 saturated heterocycles. The topological polar surface area (TPSA) is 29.5 Å². The van der Waals surface area contributed by atoms with Crippen LogP contribution in [0.25, 0.3) is 0 Å². The van der Waals surface area contributed by atoms with Crippen LogP contribution in [0, 0.1) is 0 Å². The first-order chi connectivity index (χ1) is 7.25. The molecule has 1 saturated carbocycles. The molecule has 88 valence electrons. The van der Waals surface area contributed by atoms with Gasteiger partial charge in [-0.05, 0) is 26.3 Å². The second-order valence-electron chi connectivity index (χ2n) is 4.41. The van der Waals surface area contributed by atoms with Crippen LogP contribution in [0.1, 0.15) is 38.5 Å². The zero-order chi connectivity index (χ0) is 11.1. The molecule has 0 aromatic rings. The average Bonchev–Trinajstić information content (AvgIpc) is 2.43. The lowest BCUT2D eigenvalue weighted by molar-refractivity contribution is -0.123. The zero-order valence-electron chi connectivity index (χ0n) is 10.00. The molecule has 3 heteroatoms. The highest BCUT2D eigenvalue weighted by molar-refractivity contribution is 5.84. The quantitative estimate of drug-likeness (QED) is 0.515. The Bertz CT molecular complexity index is 194. The van der Waals surface area contributed by atoms with Gasteiger partial charge < -0.3 is 4.74 Å². The zero-order valence-corrected chi connectivity index (χ0v) is 10.00. The van der Waals surface area contributed by atoms with Gasteiger partial charge in [-0.2, -0.15) is 0 Å². The summed E-state index contributed by atoms with van der Waals surface area (Å²) in [6.07, 6.45) is 6.33. The van der Waals surface area contributed by atoms with Crippen LogP contribution in [-0.2, 0) is 9.53 Å². The molecule has 1 rings (SSSR count). The van der Waals surface area contributed by atoms with Crippen LogP contribution in [0.3, 0.4) is 0 Å². The van der Waals surface area contributed by atoms with Gasteiger partial charge in [0, 0.05) is 26.7 Å². The maximum absolute atomic E-state index is 11.8. The van der Waals surface area contributed by atoms with Crippen molar-refractivity contribution < 1.29 is 9.53 Å². The number of ether oxygens (including phenoxy) is 1. The fraction of sp³-hybridized carbons (Fsp3) is 0.917. The number of ketones is 1. The summed E-state index contributed by atoms with van der Waals surface area (Å²) in [6.45, 7) is 1.75. The van der Waals surface area contributed by atoms with Crippen molar-refractivity contribution in [2.75, 3.05) is 27.3 Å². The number of nitrogens with zero attached hydrogens (tertiary/aromatic N) is 1. The van der Waals surface area contributed by atoms with E-state index in [9.17, 15) is 4.79 Å². The van der Waals surface area contributed by atoms with E-state index < -0.39 is 0 Å². The third-order valence-electron chi connectivity index (χ3n) is 3.16. The molecule has 3 nitrogen and oxygen atoms in total. The Balaban J connectivity index is 2.34. The fourth-order valence-electron chi connectivity index (χ4n) is 2.22. The van der Waals surface area contributed by atoms with Gasteiger partial charge in [0.2, 0.25) is 0 Å². The molecule has 0 N–H and O–H groups in total. The molecule has 0 aliphatic heterocycles. The summed E-state index contributed by atoms with van der Waals surface area (Å²) in [7, 11) is 3.78. The summed E-state index contributed by atoms with van der Waals surface area (Å²) in [4.78, 5) is 14.0. The van der Waals surface area contributed by atoms with Crippen molar-refractivity contribution in [3.8, 4) is 0 Å². The minimum absolute atomic E-state index is 0.171. The third-order valence-corrected chi connectivity index (χ3v) is 3.16. The molecule has 0 amide bonds. The molecule has 1 aliphatic carbocycles. The Labute approximate surface area is 92.8 Å². The molecule has 0 radical (unpaired) electrons. The number of hydrogen-bond donors (Lipinski definition) is 0. The van der Waals surface area contributed by atoms with Crippen molar-refractivity contribution in [3.05, 3.63) is 0 Å². The maximum Gasteiger partial charge on any atom is 0.149 e. The summed E-state index contributed by atoms with van der Waals surface area (Å²) in [5.74, 6) is 0.437. The van der Waals surface area contributed by atoms with Crippen LogP contribution in [0.2, 0.25) is 0 Å². The molecule has 1 fully saturated rings. The van der Waals surface area contributed by atoms with E-state index in [0.29, 0.717) is 5.78 Å². The van der Waals surface area contributed by atoms with E-state index in [2.05, 4.69) is 11.9 Å². The highest BCUT2D eigenvalue weighted by atomic mass is 16.5. The Morgan fingerprint density at radius 2 is 2.20 bits per heavy atom. The first-order valence-corrected chi connectivity index (χ1v) is 5.97. The van der Waals surface area contributed by atoms with E-state index in [1.165, 1.54) is 12.8 Å². The highest BCUT2D eigenvalue weighted by Gasteiger charge is 2.23. The molecule has 15 heavy (non-hydrogen) atoms. The van der Waals surface area contributed by atoms with E-state index in [-0.39, 0.29) is 6.04 Å². The van der Waals surface area contributed by atoms with Crippen LogP contribution in [-0.4, -0.2) is 44.0 Å². The standard InChI is InChI=1S/C12H23NO2/c1-13(9-6-10-15-2)11-7-4-3-5-8-12(11)14/h11H,3-10H2,1-2H3. The van der Waals surface area contributed by atoms with Gasteiger partial charge in [-0.3, -0.25) is 9.69 Å². The first kappa shape index (κ1) is 12.7. The summed E-state index contributed by atoms with van der Waals surface area (Å²) in [5, 5.41) is 0. The molecule has 0 bridgehead atoms. The highest BCUT2D eigenvalue weighted by Crippen LogP contribution is 2.18. The Hall–Kier alpha value is -0.410. The Morgan fingerprint density at radius 1 is 1.40 bits per heavy atom. The predicted molar refractivity (Wildman–Crippen MR) is 61.0 cm³/mol. The number of rotatable bonds is 5. The van der Waals surface area contributed by atoms with Crippen LogP contribution in [0.4, 0.5) is 0 Å². The van der Waals surface area contributed by atoms with Crippen molar-refractivity contribution >= 4 is 5.78 Å². The monoisotopic (exact) mass is 213 g/mol. The summed E-state index contributed by atoms with van der Waals surface area (Å²) >= 11 is 0. The molecule has 1 unspecified atom stereocenters. The second kappa shape index (κ2) is 6.96. The van der Waals surface area contributed by atoms with Crippen LogP contribution < -0.4 is 0 Å². The molecular weight excluding hydrogens is 190 g/mol. The van der Waals surface area contributed by atoms with E-state index in [1.807, 2.05) is 0 Å². The first-order valence-electron chi connectivity index (χ1n) is 5.97. The molecular formula is C12H23NO2. The molecule has 0 heterocycles. The van der Waals surface area contributed by atoms with Gasteiger partial charge in [0.05, 0.1) is 6.04 Å². The van der Waals surface area contributed by atoms with Crippen molar-refractivity contribution in [1.29, 1.82) is 0 Å². The number of likely N-dealkylation sites (N-methyl/N-ethyl adjacent to an activating group) is 1. The molecule has 0 aromatic carbocycles. The largest absolute Gasteiger partial charge is 0.385 e. The average molecular weight is 213 g/mol. The smallest absolute Gasteiger partial charge is 0.149 e. The second-order valence-corrected chi connectivity index (χ2v) is 4.41. The SMILES string of the molecule is COCCCN(C)C1CCCCCC1=O. The van der Waals surface area contributed by atoms with Crippen molar-refractivity contribution in [3.63, 3.8) is 0 Å². The van der Waals surface area contributed by atoms with Gasteiger partial charge >= 0.3 is 0 Å². The normalized spacial score (nSPS) is 23.1. The molecule has 1 atom stereocenters. The fourth-order valence-corrected chi connectivity index (χ4v) is 2.22. The lowest BCUT2D eigenvalue weighted by Gasteiger charge is -2.25. The van der Waals surface area contributed by atoms with E-state index in [4.69, 9.17) is 4.74 Å². The van der Waals surface area contributed by atoms with Gasteiger partial charge in [-0.25, -0.2) is 0 Å². The van der Waals surface area contributed by atoms with E-state index in [0.717, 1.165) is 38.8 Å². The maximum atomic E-state index is 11.8. The predicted octanol–water partition coefficient (Wildman–Crippen LogP) is 1.86. The van der Waals surface area contributed by atoms with Gasteiger partial charge in [-0.1, -0.05) is 12.8 Å². The van der Waals surface area contributed by atoms with Crippen LogP contribution in [0.15, 0.2) is 0 Å². The molecule has 0 aromatic heterocycles. The third kappa shape index (κ3) is 4.31. The van der Waals surface area contributed by atoms with Gasteiger partial charge in [0.25, 0.3) is 0 Å². The van der Waals surface area contributed by atoms with Crippen LogP contribution in [0.5, 0.6) is 0 Å². The number of carbonyl (C=O) groups is 1. The van der Waals surface area contributed by atoms with Crippen molar-refractivity contribution in [2.45, 2.75) is 44.6 Å². The number of Topliss-reactive ketones (excluding diaryl/α,β-unsaturated/α-hetero) is 1. The van der Waals surface area contributed by atoms with E-state index in [1.54, 1.807) is 7.11 Å². The van der Waals surface area contributed by atoms with Crippen molar-refractivity contribution in [1.82, 2.24) is 4.90 Å². The molecule has 0 spiro atoms. The molecule has 1 aliphatic rings. The minimum Gasteiger partial charge on any atom is -0.385 e. The van der Waals surface area contributed by atoms with Gasteiger partial charge in [0.15, 0.2) is 0 Å².